The van der Waals surface area contributed by atoms with Crippen molar-refractivity contribution < 1.29 is 9.84 Å². The first-order valence-electron chi connectivity index (χ1n) is 5.78. The maximum Gasteiger partial charge on any atom is 0.0595 e. The van der Waals surface area contributed by atoms with Crippen LogP contribution in [0.2, 0.25) is 10.0 Å². The summed E-state index contributed by atoms with van der Waals surface area (Å²) in [5.74, 6) is 0. The standard InChI is InChI=1S/C13H16Cl2O2/c14-11-2-1-10(7-12(11)15)8-13(9-16)3-5-17-6-4-13/h1-2,7,16H,3-6,8-9H2. The number of aliphatic hydroxyl groups is 1. The van der Waals surface area contributed by atoms with E-state index in [9.17, 15) is 5.11 Å². The van der Waals surface area contributed by atoms with E-state index in [4.69, 9.17) is 27.9 Å². The van der Waals surface area contributed by atoms with Gasteiger partial charge in [0.2, 0.25) is 0 Å². The zero-order chi connectivity index (χ0) is 12.3. The van der Waals surface area contributed by atoms with Gasteiger partial charge >= 0.3 is 0 Å². The van der Waals surface area contributed by atoms with Gasteiger partial charge in [0, 0.05) is 25.2 Å². The lowest BCUT2D eigenvalue weighted by molar-refractivity contribution is -0.0157. The minimum atomic E-state index is -0.0601. The van der Waals surface area contributed by atoms with Crippen molar-refractivity contribution in [1.29, 1.82) is 0 Å². The van der Waals surface area contributed by atoms with E-state index in [2.05, 4.69) is 0 Å². The van der Waals surface area contributed by atoms with E-state index in [1.54, 1.807) is 0 Å². The highest BCUT2D eigenvalue weighted by Crippen LogP contribution is 2.35. The first-order valence-corrected chi connectivity index (χ1v) is 6.53. The summed E-state index contributed by atoms with van der Waals surface area (Å²) in [6.45, 7) is 1.64. The van der Waals surface area contributed by atoms with Crippen LogP contribution >= 0.6 is 23.2 Å². The molecule has 17 heavy (non-hydrogen) atoms. The van der Waals surface area contributed by atoms with E-state index >= 15 is 0 Å². The second-order valence-corrected chi connectivity index (χ2v) is 5.51. The van der Waals surface area contributed by atoms with Crippen molar-refractivity contribution in [3.8, 4) is 0 Å². The summed E-state index contributed by atoms with van der Waals surface area (Å²) in [5.41, 5.74) is 1.06. The van der Waals surface area contributed by atoms with Crippen LogP contribution in [0.25, 0.3) is 0 Å². The highest BCUT2D eigenvalue weighted by atomic mass is 35.5. The molecule has 0 aliphatic carbocycles. The Hall–Kier alpha value is -0.280. The lowest BCUT2D eigenvalue weighted by Gasteiger charge is -2.35. The molecular weight excluding hydrogens is 259 g/mol. The normalized spacial score (nSPS) is 19.2. The second-order valence-electron chi connectivity index (χ2n) is 4.70. The van der Waals surface area contributed by atoms with Crippen LogP contribution in [0.1, 0.15) is 18.4 Å². The highest BCUT2D eigenvalue weighted by Gasteiger charge is 2.32. The Kier molecular flexibility index (Phi) is 4.31. The van der Waals surface area contributed by atoms with Crippen molar-refractivity contribution in [2.24, 2.45) is 5.41 Å². The summed E-state index contributed by atoms with van der Waals surface area (Å²) < 4.78 is 5.35. The number of benzene rings is 1. The molecule has 1 aliphatic rings. The number of ether oxygens (including phenoxy) is 1. The van der Waals surface area contributed by atoms with E-state index in [1.165, 1.54) is 0 Å². The predicted molar refractivity (Wildman–Crippen MR) is 69.7 cm³/mol. The summed E-state index contributed by atoms with van der Waals surface area (Å²) in [6.07, 6.45) is 2.61. The average molecular weight is 275 g/mol. The molecular formula is C13H16Cl2O2. The molecule has 1 fully saturated rings. The monoisotopic (exact) mass is 274 g/mol. The van der Waals surface area contributed by atoms with Crippen molar-refractivity contribution in [3.63, 3.8) is 0 Å². The summed E-state index contributed by atoms with van der Waals surface area (Å²) in [5, 5.41) is 10.8. The lowest BCUT2D eigenvalue weighted by atomic mass is 9.76. The quantitative estimate of drug-likeness (QED) is 0.916. The summed E-state index contributed by atoms with van der Waals surface area (Å²) >= 11 is 11.9. The Labute approximate surface area is 111 Å². The van der Waals surface area contributed by atoms with Crippen LogP contribution in [0.3, 0.4) is 0 Å². The van der Waals surface area contributed by atoms with Gasteiger partial charge in [-0.3, -0.25) is 0 Å². The van der Waals surface area contributed by atoms with Gasteiger partial charge in [-0.1, -0.05) is 29.3 Å². The molecule has 0 aromatic heterocycles. The molecule has 0 spiro atoms. The van der Waals surface area contributed by atoms with Gasteiger partial charge in [0.05, 0.1) is 10.0 Å². The SMILES string of the molecule is OCC1(Cc2ccc(Cl)c(Cl)c2)CCOCC1. The van der Waals surface area contributed by atoms with Gasteiger partial charge in [0.15, 0.2) is 0 Å². The molecule has 94 valence electrons. The fourth-order valence-electron chi connectivity index (χ4n) is 2.28. The van der Waals surface area contributed by atoms with E-state index < -0.39 is 0 Å². The average Bonchev–Trinajstić information content (AvgIpc) is 2.35. The molecule has 0 radical (unpaired) electrons. The molecule has 1 aliphatic heterocycles. The maximum atomic E-state index is 9.61. The molecule has 0 saturated carbocycles. The van der Waals surface area contributed by atoms with Crippen LogP contribution in [0.4, 0.5) is 0 Å². The Bertz CT molecular complexity index is 387. The fourth-order valence-corrected chi connectivity index (χ4v) is 2.60. The molecule has 0 unspecified atom stereocenters. The first kappa shape index (κ1) is 13.2. The van der Waals surface area contributed by atoms with Crippen molar-refractivity contribution in [2.75, 3.05) is 19.8 Å². The van der Waals surface area contributed by atoms with Crippen molar-refractivity contribution in [3.05, 3.63) is 33.8 Å². The number of aliphatic hydroxyl groups excluding tert-OH is 1. The lowest BCUT2D eigenvalue weighted by Crippen LogP contribution is -2.35. The topological polar surface area (TPSA) is 29.5 Å². The van der Waals surface area contributed by atoms with Gasteiger partial charge in [-0.25, -0.2) is 0 Å². The molecule has 1 N–H and O–H groups in total. The van der Waals surface area contributed by atoms with Crippen LogP contribution in [0, 0.1) is 5.41 Å². The zero-order valence-electron chi connectivity index (χ0n) is 9.59. The van der Waals surface area contributed by atoms with Gasteiger partial charge < -0.3 is 9.84 Å². The Morgan fingerprint density at radius 3 is 2.47 bits per heavy atom. The zero-order valence-corrected chi connectivity index (χ0v) is 11.1. The second kappa shape index (κ2) is 5.57. The van der Waals surface area contributed by atoms with Crippen molar-refractivity contribution >= 4 is 23.2 Å². The van der Waals surface area contributed by atoms with Crippen LogP contribution < -0.4 is 0 Å². The van der Waals surface area contributed by atoms with E-state index in [0.29, 0.717) is 10.0 Å². The maximum absolute atomic E-state index is 9.61. The van der Waals surface area contributed by atoms with Crippen LogP contribution in [0.5, 0.6) is 0 Å². The molecule has 0 amide bonds. The number of hydrogen-bond donors (Lipinski definition) is 1. The van der Waals surface area contributed by atoms with Gasteiger partial charge in [-0.15, -0.1) is 0 Å². The minimum absolute atomic E-state index is 0.0601. The van der Waals surface area contributed by atoms with Gasteiger partial charge in [0.25, 0.3) is 0 Å². The molecule has 1 aromatic rings. The molecule has 1 aromatic carbocycles. The number of hydrogen-bond acceptors (Lipinski definition) is 2. The van der Waals surface area contributed by atoms with Gasteiger partial charge in [0.1, 0.15) is 0 Å². The minimum Gasteiger partial charge on any atom is -0.396 e. The van der Waals surface area contributed by atoms with Gasteiger partial charge in [-0.05, 0) is 37.0 Å². The van der Waals surface area contributed by atoms with Crippen LogP contribution in [-0.2, 0) is 11.2 Å². The molecule has 1 heterocycles. The third kappa shape index (κ3) is 3.14. The van der Waals surface area contributed by atoms with E-state index in [0.717, 1.165) is 38.0 Å². The Morgan fingerprint density at radius 2 is 1.88 bits per heavy atom. The predicted octanol–water partition coefficient (Wildman–Crippen LogP) is 3.33. The highest BCUT2D eigenvalue weighted by molar-refractivity contribution is 6.42. The first-order chi connectivity index (χ1) is 8.15. The summed E-state index contributed by atoms with van der Waals surface area (Å²) in [7, 11) is 0. The van der Waals surface area contributed by atoms with Crippen molar-refractivity contribution in [2.45, 2.75) is 19.3 Å². The number of halogens is 2. The van der Waals surface area contributed by atoms with E-state index in [1.807, 2.05) is 18.2 Å². The Balaban J connectivity index is 2.14. The molecule has 0 atom stereocenters. The molecule has 2 rings (SSSR count). The smallest absolute Gasteiger partial charge is 0.0595 e. The molecule has 4 heteroatoms. The summed E-state index contributed by atoms with van der Waals surface area (Å²) in [6, 6.07) is 5.67. The van der Waals surface area contributed by atoms with Crippen molar-refractivity contribution in [1.82, 2.24) is 0 Å². The molecule has 1 saturated heterocycles. The Morgan fingerprint density at radius 1 is 1.18 bits per heavy atom. The summed E-state index contributed by atoms with van der Waals surface area (Å²) in [4.78, 5) is 0. The largest absolute Gasteiger partial charge is 0.396 e. The fraction of sp³-hybridized carbons (Fsp3) is 0.538. The van der Waals surface area contributed by atoms with Gasteiger partial charge in [-0.2, -0.15) is 0 Å². The molecule has 0 bridgehead atoms. The van der Waals surface area contributed by atoms with Crippen LogP contribution in [0.15, 0.2) is 18.2 Å². The third-order valence-electron chi connectivity index (χ3n) is 3.45. The van der Waals surface area contributed by atoms with E-state index in [-0.39, 0.29) is 12.0 Å². The molecule has 2 nitrogen and oxygen atoms in total. The third-order valence-corrected chi connectivity index (χ3v) is 4.19. The number of rotatable bonds is 3. The van der Waals surface area contributed by atoms with Crippen LogP contribution in [-0.4, -0.2) is 24.9 Å².